The minimum atomic E-state index is -3.03. The van der Waals surface area contributed by atoms with Crippen molar-refractivity contribution in [1.29, 1.82) is 0 Å². The van der Waals surface area contributed by atoms with Crippen LogP contribution in [0.4, 0.5) is 0 Å². The highest BCUT2D eigenvalue weighted by molar-refractivity contribution is 7.92. The summed E-state index contributed by atoms with van der Waals surface area (Å²) in [6.07, 6.45) is 3.03. The summed E-state index contributed by atoms with van der Waals surface area (Å²) in [6.45, 7) is 5.61. The Bertz CT molecular complexity index is 172. The van der Waals surface area contributed by atoms with Gasteiger partial charge in [-0.1, -0.05) is 20.8 Å². The van der Waals surface area contributed by atoms with Gasteiger partial charge in [-0.15, -0.1) is 0 Å². The molecule has 0 aromatic heterocycles. The molecular weight excluding hydrogens is 136 g/mol. The van der Waals surface area contributed by atoms with Crippen molar-refractivity contribution < 1.29 is 8.42 Å². The van der Waals surface area contributed by atoms with Gasteiger partial charge in [0.25, 0.3) is 0 Å². The summed E-state index contributed by atoms with van der Waals surface area (Å²) in [4.78, 5) is 0. The normalized spacial score (nSPS) is 13.8. The molecule has 0 aliphatic heterocycles. The average Bonchev–Trinajstić information content (AvgIpc) is 1.14. The van der Waals surface area contributed by atoms with E-state index in [4.69, 9.17) is 0 Å². The number of hydrogen-bond acceptors (Lipinski definition) is 2. The maximum Gasteiger partial charge on any atom is 0.151 e. The molecule has 0 rings (SSSR count). The maximum atomic E-state index is 10.5. The van der Waals surface area contributed by atoms with E-state index in [1.165, 1.54) is 0 Å². The van der Waals surface area contributed by atoms with Gasteiger partial charge in [0.15, 0.2) is 9.84 Å². The second-order valence-electron chi connectivity index (χ2n) is 3.45. The van der Waals surface area contributed by atoms with E-state index in [0.29, 0.717) is 0 Å². The lowest BCUT2D eigenvalue weighted by Crippen LogP contribution is -2.17. The highest BCUT2D eigenvalue weighted by Crippen LogP contribution is 2.15. The van der Waals surface area contributed by atoms with Crippen molar-refractivity contribution in [2.24, 2.45) is 5.41 Å². The second kappa shape index (κ2) is 2.29. The molecule has 0 amide bonds. The van der Waals surface area contributed by atoms with Crippen LogP contribution in [-0.4, -0.2) is 14.2 Å². The monoisotopic (exact) mass is 149 g/mol. The lowest BCUT2D eigenvalue weighted by Gasteiger charge is -2.15. The minimum Gasteiger partial charge on any atom is -0.229 e. The van der Waals surface area contributed by atoms with Gasteiger partial charge in [-0.25, -0.2) is 8.42 Å². The van der Waals surface area contributed by atoms with Crippen LogP contribution >= 0.6 is 0 Å². The third-order valence-corrected chi connectivity index (χ3v) is 1.96. The van der Waals surface area contributed by atoms with Crippen LogP contribution in [-0.2, 0) is 9.84 Å². The van der Waals surface area contributed by atoms with E-state index in [9.17, 15) is 8.42 Å². The quantitative estimate of drug-likeness (QED) is 0.562. The molecule has 0 aromatic rings. The highest BCUT2D eigenvalue weighted by atomic mass is 32.2. The highest BCUT2D eigenvalue weighted by Gasteiger charge is 2.16. The molecule has 3 heteroatoms. The van der Waals surface area contributed by atoms with E-state index in [2.05, 4.69) is 6.26 Å². The first kappa shape index (κ1) is 8.95. The predicted octanol–water partition coefficient (Wildman–Crippen LogP) is 1.24. The lowest BCUT2D eigenvalue weighted by molar-refractivity contribution is 0.464. The van der Waals surface area contributed by atoms with Crippen molar-refractivity contribution in [2.75, 3.05) is 5.75 Å². The van der Waals surface area contributed by atoms with Gasteiger partial charge in [0, 0.05) is 0 Å². The fourth-order valence-electron chi connectivity index (χ4n) is 0.660. The Hall–Kier alpha value is -0.0500. The summed E-state index contributed by atoms with van der Waals surface area (Å²) >= 11 is 0. The van der Waals surface area contributed by atoms with Crippen molar-refractivity contribution in [1.82, 2.24) is 0 Å². The summed E-state index contributed by atoms with van der Waals surface area (Å²) in [5, 5.41) is 0. The molecule has 0 aromatic carbocycles. The average molecular weight is 149 g/mol. The summed E-state index contributed by atoms with van der Waals surface area (Å²) in [7, 11) is -3.03. The fourth-order valence-corrected chi connectivity index (χ4v) is 1.98. The van der Waals surface area contributed by atoms with Gasteiger partial charge in [0.05, 0.1) is 12.0 Å². The number of rotatable bonds is 1. The molecule has 2 nitrogen and oxygen atoms in total. The van der Waals surface area contributed by atoms with Crippen molar-refractivity contribution >= 4 is 9.84 Å². The Morgan fingerprint density at radius 3 is 1.67 bits per heavy atom. The van der Waals surface area contributed by atoms with Crippen molar-refractivity contribution in [3.8, 4) is 0 Å². The van der Waals surface area contributed by atoms with E-state index >= 15 is 0 Å². The Morgan fingerprint density at radius 2 is 1.67 bits per heavy atom. The summed E-state index contributed by atoms with van der Waals surface area (Å²) < 4.78 is 21.1. The van der Waals surface area contributed by atoms with Gasteiger partial charge in [0.1, 0.15) is 0 Å². The third kappa shape index (κ3) is 7.95. The summed E-state index contributed by atoms with van der Waals surface area (Å²) in [5.41, 5.74) is -0.166. The molecular formula is C6H13O2S. The molecule has 0 fully saturated rings. The molecule has 0 saturated heterocycles. The van der Waals surface area contributed by atoms with E-state index in [0.717, 1.165) is 0 Å². The van der Waals surface area contributed by atoms with Crippen LogP contribution in [0, 0.1) is 11.7 Å². The van der Waals surface area contributed by atoms with E-state index in [1.807, 2.05) is 20.8 Å². The van der Waals surface area contributed by atoms with E-state index < -0.39 is 9.84 Å². The molecule has 9 heavy (non-hydrogen) atoms. The summed E-state index contributed by atoms with van der Waals surface area (Å²) in [5.74, 6) is 0.153. The van der Waals surface area contributed by atoms with E-state index in [-0.39, 0.29) is 11.2 Å². The Kier molecular flexibility index (Phi) is 2.28. The van der Waals surface area contributed by atoms with Gasteiger partial charge >= 0.3 is 0 Å². The molecule has 0 aliphatic rings. The molecule has 1 radical (unpaired) electrons. The van der Waals surface area contributed by atoms with Gasteiger partial charge in [0.2, 0.25) is 0 Å². The second-order valence-corrected chi connectivity index (χ2v) is 5.22. The fraction of sp³-hybridized carbons (Fsp3) is 0.833. The van der Waals surface area contributed by atoms with Crippen molar-refractivity contribution in [3.63, 3.8) is 0 Å². The molecule has 0 atom stereocenters. The van der Waals surface area contributed by atoms with E-state index in [1.54, 1.807) is 0 Å². The minimum absolute atomic E-state index is 0.153. The zero-order valence-corrected chi connectivity index (χ0v) is 6.96. The third-order valence-electron chi connectivity index (χ3n) is 0.653. The Balaban J connectivity index is 4.07. The smallest absolute Gasteiger partial charge is 0.151 e. The molecule has 0 saturated carbocycles. The van der Waals surface area contributed by atoms with Crippen molar-refractivity contribution in [2.45, 2.75) is 20.8 Å². The van der Waals surface area contributed by atoms with Crippen LogP contribution in [0.15, 0.2) is 0 Å². The molecule has 0 bridgehead atoms. The topological polar surface area (TPSA) is 34.1 Å². The van der Waals surface area contributed by atoms with Gasteiger partial charge in [-0.2, -0.15) is 0 Å². The molecule has 0 N–H and O–H groups in total. The summed E-state index contributed by atoms with van der Waals surface area (Å²) in [6, 6.07) is 0. The first-order chi connectivity index (χ1) is 3.71. The molecule has 0 aliphatic carbocycles. The first-order valence-corrected chi connectivity index (χ1v) is 4.59. The lowest BCUT2D eigenvalue weighted by atomic mass is 10.0. The largest absolute Gasteiger partial charge is 0.229 e. The standard InChI is InChI=1S/C6H13O2S/c1-6(2,3)5-9(4,7)8/h4-5H2,1-3H3. The Morgan fingerprint density at radius 1 is 1.33 bits per heavy atom. The van der Waals surface area contributed by atoms with Crippen LogP contribution in [0.3, 0.4) is 0 Å². The molecule has 0 unspecified atom stereocenters. The first-order valence-electron chi connectivity index (χ1n) is 2.76. The predicted molar refractivity (Wildman–Crippen MR) is 38.6 cm³/mol. The van der Waals surface area contributed by atoms with Crippen molar-refractivity contribution in [3.05, 3.63) is 6.26 Å². The zero-order chi connectivity index (χ0) is 7.71. The zero-order valence-electron chi connectivity index (χ0n) is 6.14. The van der Waals surface area contributed by atoms with Gasteiger partial charge in [-0.3, -0.25) is 0 Å². The van der Waals surface area contributed by atoms with Crippen LogP contribution in [0.5, 0.6) is 0 Å². The number of hydrogen-bond donors (Lipinski definition) is 0. The van der Waals surface area contributed by atoms with Crippen LogP contribution in [0.2, 0.25) is 0 Å². The van der Waals surface area contributed by atoms with Crippen LogP contribution in [0.25, 0.3) is 0 Å². The van der Waals surface area contributed by atoms with Crippen LogP contribution < -0.4 is 0 Å². The Labute approximate surface area is 57.2 Å². The maximum absolute atomic E-state index is 10.5. The van der Waals surface area contributed by atoms with Crippen LogP contribution in [0.1, 0.15) is 20.8 Å². The molecule has 55 valence electrons. The van der Waals surface area contributed by atoms with Gasteiger partial charge in [-0.05, 0) is 5.41 Å². The van der Waals surface area contributed by atoms with Gasteiger partial charge < -0.3 is 0 Å². The SMILES string of the molecule is [CH2]S(=O)(=O)CC(C)(C)C. The number of sulfone groups is 1. The molecule has 0 spiro atoms. The molecule has 0 heterocycles.